The normalized spacial score (nSPS) is 21.4. The van der Waals surface area contributed by atoms with Gasteiger partial charge in [0.15, 0.2) is 0 Å². The summed E-state index contributed by atoms with van der Waals surface area (Å²) in [5.41, 5.74) is 7.29. The van der Waals surface area contributed by atoms with Gasteiger partial charge in [0.25, 0.3) is 0 Å². The number of aliphatic hydroxyl groups is 2. The van der Waals surface area contributed by atoms with Crippen LogP contribution in [0.15, 0.2) is 6.07 Å². The van der Waals surface area contributed by atoms with Crippen LogP contribution in [-0.4, -0.2) is 51.6 Å². The minimum absolute atomic E-state index is 0.112. The Morgan fingerprint density at radius 3 is 2.83 bits per heavy atom. The van der Waals surface area contributed by atoms with E-state index in [1.807, 2.05) is 17.9 Å². The molecule has 2 unspecified atom stereocenters. The van der Waals surface area contributed by atoms with Crippen LogP contribution in [0.1, 0.15) is 35.0 Å². The van der Waals surface area contributed by atoms with E-state index in [4.69, 9.17) is 5.73 Å². The second kappa shape index (κ2) is 6.54. The zero-order valence-electron chi connectivity index (χ0n) is 13.4. The van der Waals surface area contributed by atoms with Crippen molar-refractivity contribution in [1.29, 1.82) is 0 Å². The standard InChI is InChI=1S/C16H21N3O4S/c1-2-3-8-6-11(19-5-4-9(20)10(21)7-19)18-15-12(8)13(17)14(24-15)16(22)23/h6,9-10,20-21H,2-5,7,17H2,1H3,(H,22,23). The molecule has 2 aromatic rings. The Hall–Kier alpha value is -1.90. The highest BCUT2D eigenvalue weighted by Crippen LogP contribution is 2.37. The first-order valence-electron chi connectivity index (χ1n) is 7.98. The summed E-state index contributed by atoms with van der Waals surface area (Å²) < 4.78 is 0. The van der Waals surface area contributed by atoms with Gasteiger partial charge in [-0.1, -0.05) is 13.3 Å². The predicted molar refractivity (Wildman–Crippen MR) is 93.8 cm³/mol. The smallest absolute Gasteiger partial charge is 0.348 e. The number of pyridine rings is 1. The van der Waals surface area contributed by atoms with Gasteiger partial charge in [-0.25, -0.2) is 9.78 Å². The molecule has 0 saturated carbocycles. The van der Waals surface area contributed by atoms with Gasteiger partial charge >= 0.3 is 5.97 Å². The molecule has 1 aliphatic heterocycles. The average Bonchev–Trinajstić information content (AvgIpc) is 2.88. The van der Waals surface area contributed by atoms with Crippen LogP contribution in [0.2, 0.25) is 0 Å². The molecule has 1 saturated heterocycles. The van der Waals surface area contributed by atoms with Gasteiger partial charge in [-0.15, -0.1) is 11.3 Å². The Labute approximate surface area is 143 Å². The van der Waals surface area contributed by atoms with E-state index < -0.39 is 18.2 Å². The number of aryl methyl sites for hydroxylation is 1. The molecule has 3 heterocycles. The number of rotatable bonds is 4. The third-order valence-corrected chi connectivity index (χ3v) is 5.44. The van der Waals surface area contributed by atoms with Crippen molar-refractivity contribution in [3.05, 3.63) is 16.5 Å². The number of carboxylic acid groups (broad SMARTS) is 1. The summed E-state index contributed by atoms with van der Waals surface area (Å²) in [5.74, 6) is -0.355. The topological polar surface area (TPSA) is 120 Å². The van der Waals surface area contributed by atoms with Gasteiger partial charge in [-0.05, 0) is 24.5 Å². The second-order valence-electron chi connectivity index (χ2n) is 6.09. The predicted octanol–water partition coefficient (Wildman–Crippen LogP) is 1.46. The third kappa shape index (κ3) is 2.92. The van der Waals surface area contributed by atoms with Crippen LogP contribution in [0.25, 0.3) is 10.2 Å². The fourth-order valence-corrected chi connectivity index (χ4v) is 4.07. The number of carbonyl (C=O) groups is 1. The van der Waals surface area contributed by atoms with E-state index in [1.165, 1.54) is 0 Å². The fraction of sp³-hybridized carbons (Fsp3) is 0.500. The number of nitrogens with zero attached hydrogens (tertiary/aromatic N) is 2. The van der Waals surface area contributed by atoms with Crippen LogP contribution < -0.4 is 10.6 Å². The number of nitrogen functional groups attached to an aromatic ring is 1. The van der Waals surface area contributed by atoms with Crippen molar-refractivity contribution in [3.63, 3.8) is 0 Å². The van der Waals surface area contributed by atoms with Gasteiger partial charge in [-0.2, -0.15) is 0 Å². The highest BCUT2D eigenvalue weighted by Gasteiger charge is 2.28. The van der Waals surface area contributed by atoms with E-state index in [2.05, 4.69) is 4.98 Å². The number of nitrogens with two attached hydrogens (primary N) is 1. The number of aromatic carboxylic acids is 1. The van der Waals surface area contributed by atoms with Gasteiger partial charge in [-0.3, -0.25) is 0 Å². The SMILES string of the molecule is CCCc1cc(N2CCC(O)C(O)C2)nc2sc(C(=O)O)c(N)c12. The summed E-state index contributed by atoms with van der Waals surface area (Å²) >= 11 is 1.08. The van der Waals surface area contributed by atoms with Crippen molar-refractivity contribution in [2.24, 2.45) is 0 Å². The van der Waals surface area contributed by atoms with Crippen molar-refractivity contribution >= 4 is 39.0 Å². The molecule has 0 aromatic carbocycles. The monoisotopic (exact) mass is 351 g/mol. The molecule has 2 atom stereocenters. The van der Waals surface area contributed by atoms with Crippen LogP contribution in [0.3, 0.4) is 0 Å². The lowest BCUT2D eigenvalue weighted by atomic mass is 10.0. The number of carboxylic acids is 1. The first-order valence-corrected chi connectivity index (χ1v) is 8.80. The summed E-state index contributed by atoms with van der Waals surface area (Å²) in [7, 11) is 0. The van der Waals surface area contributed by atoms with E-state index in [0.717, 1.165) is 35.1 Å². The molecule has 0 radical (unpaired) electrons. The quantitative estimate of drug-likeness (QED) is 0.658. The van der Waals surface area contributed by atoms with Crippen molar-refractivity contribution < 1.29 is 20.1 Å². The van der Waals surface area contributed by atoms with Gasteiger partial charge in [0.2, 0.25) is 0 Å². The molecule has 2 aromatic heterocycles. The van der Waals surface area contributed by atoms with Crippen molar-refractivity contribution in [2.75, 3.05) is 23.7 Å². The number of piperidine rings is 1. The molecule has 0 spiro atoms. The molecule has 0 amide bonds. The number of hydrogen-bond acceptors (Lipinski definition) is 7. The van der Waals surface area contributed by atoms with Gasteiger partial charge in [0.05, 0.1) is 17.9 Å². The van der Waals surface area contributed by atoms with Crippen molar-refractivity contribution in [1.82, 2.24) is 4.98 Å². The molecule has 0 bridgehead atoms. The number of aliphatic hydroxyl groups excluding tert-OH is 2. The number of anilines is 2. The summed E-state index contributed by atoms with van der Waals surface area (Å²) in [4.78, 5) is 18.6. The largest absolute Gasteiger partial charge is 0.477 e. The van der Waals surface area contributed by atoms with Crippen LogP contribution in [0.5, 0.6) is 0 Å². The Balaban J connectivity index is 2.08. The molecule has 0 aliphatic carbocycles. The summed E-state index contributed by atoms with van der Waals surface area (Å²) in [6.45, 7) is 2.94. The highest BCUT2D eigenvalue weighted by atomic mass is 32.1. The molecule has 3 rings (SSSR count). The molecular weight excluding hydrogens is 330 g/mol. The maximum atomic E-state index is 11.4. The lowest BCUT2D eigenvalue weighted by Crippen LogP contribution is -2.47. The van der Waals surface area contributed by atoms with E-state index in [9.17, 15) is 20.1 Å². The number of aromatic nitrogens is 1. The number of hydrogen-bond donors (Lipinski definition) is 4. The molecule has 24 heavy (non-hydrogen) atoms. The molecule has 1 fully saturated rings. The molecule has 7 nitrogen and oxygen atoms in total. The maximum Gasteiger partial charge on any atom is 0.348 e. The van der Waals surface area contributed by atoms with E-state index in [-0.39, 0.29) is 10.6 Å². The van der Waals surface area contributed by atoms with Gasteiger partial charge in [0, 0.05) is 18.5 Å². The maximum absolute atomic E-state index is 11.4. The van der Waals surface area contributed by atoms with Crippen LogP contribution in [-0.2, 0) is 6.42 Å². The average molecular weight is 351 g/mol. The lowest BCUT2D eigenvalue weighted by Gasteiger charge is -2.34. The number of thiophene rings is 1. The van der Waals surface area contributed by atoms with Gasteiger partial charge < -0.3 is 26.0 Å². The molecular formula is C16H21N3O4S. The highest BCUT2D eigenvalue weighted by molar-refractivity contribution is 7.21. The fourth-order valence-electron chi connectivity index (χ4n) is 3.10. The van der Waals surface area contributed by atoms with E-state index >= 15 is 0 Å². The number of fused-ring (bicyclic) bond motifs is 1. The molecule has 130 valence electrons. The first kappa shape index (κ1) is 16.9. The van der Waals surface area contributed by atoms with Gasteiger partial charge in [0.1, 0.15) is 15.5 Å². The zero-order chi connectivity index (χ0) is 17.4. The summed E-state index contributed by atoms with van der Waals surface area (Å²) in [6, 6.07) is 1.92. The number of β-amino-alcohol motifs (C(OH)–C–C–N with tert-alkyl or cyclic N) is 1. The Morgan fingerprint density at radius 1 is 1.46 bits per heavy atom. The summed E-state index contributed by atoms with van der Waals surface area (Å²) in [6.07, 6.45) is 0.615. The third-order valence-electron chi connectivity index (χ3n) is 4.35. The van der Waals surface area contributed by atoms with E-state index in [0.29, 0.717) is 30.2 Å². The first-order chi connectivity index (χ1) is 11.4. The second-order valence-corrected chi connectivity index (χ2v) is 7.09. The minimum atomic E-state index is -1.05. The lowest BCUT2D eigenvalue weighted by molar-refractivity contribution is 0.00787. The summed E-state index contributed by atoms with van der Waals surface area (Å²) in [5, 5.41) is 29.6. The molecule has 5 N–H and O–H groups in total. The Kier molecular flexibility index (Phi) is 4.62. The Morgan fingerprint density at radius 2 is 2.21 bits per heavy atom. The molecule has 1 aliphatic rings. The molecule has 8 heteroatoms. The van der Waals surface area contributed by atoms with Crippen LogP contribution in [0, 0.1) is 0 Å². The van der Waals surface area contributed by atoms with Crippen molar-refractivity contribution in [3.8, 4) is 0 Å². The van der Waals surface area contributed by atoms with Crippen LogP contribution >= 0.6 is 11.3 Å². The Bertz CT molecular complexity index is 776. The van der Waals surface area contributed by atoms with E-state index in [1.54, 1.807) is 0 Å². The zero-order valence-corrected chi connectivity index (χ0v) is 14.2. The van der Waals surface area contributed by atoms with Crippen molar-refractivity contribution in [2.45, 2.75) is 38.4 Å². The minimum Gasteiger partial charge on any atom is -0.477 e. The van der Waals surface area contributed by atoms with Crippen LogP contribution in [0.4, 0.5) is 11.5 Å².